The van der Waals surface area contributed by atoms with Crippen LogP contribution in [0.25, 0.3) is 11.3 Å². The van der Waals surface area contributed by atoms with E-state index in [4.69, 9.17) is 9.47 Å². The molecule has 0 aliphatic rings. The predicted molar refractivity (Wildman–Crippen MR) is 131 cm³/mol. The first kappa shape index (κ1) is 24.3. The van der Waals surface area contributed by atoms with E-state index in [0.717, 1.165) is 17.5 Å². The zero-order chi connectivity index (χ0) is 24.2. The second kappa shape index (κ2) is 10.1. The third-order valence-electron chi connectivity index (χ3n) is 5.87. The maximum Gasteiger partial charge on any atom is 0.337 e. The highest BCUT2D eigenvalue weighted by atomic mass is 16.5. The molecule has 5 nitrogen and oxygen atoms in total. The van der Waals surface area contributed by atoms with Crippen molar-refractivity contribution in [2.75, 3.05) is 0 Å². The first-order chi connectivity index (χ1) is 15.6. The summed E-state index contributed by atoms with van der Waals surface area (Å²) >= 11 is 0. The Morgan fingerprint density at radius 2 is 1.76 bits per heavy atom. The summed E-state index contributed by atoms with van der Waals surface area (Å²) in [6.07, 6.45) is 1.04. The molecule has 1 heterocycles. The van der Waals surface area contributed by atoms with Gasteiger partial charge in [0, 0.05) is 5.56 Å². The highest BCUT2D eigenvalue weighted by Gasteiger charge is 2.19. The summed E-state index contributed by atoms with van der Waals surface area (Å²) in [4.78, 5) is 16.5. The Bertz CT molecular complexity index is 1120. The van der Waals surface area contributed by atoms with Gasteiger partial charge >= 0.3 is 5.97 Å². The number of rotatable bonds is 9. The topological polar surface area (TPSA) is 68.7 Å². The molecule has 33 heavy (non-hydrogen) atoms. The zero-order valence-electron chi connectivity index (χ0n) is 20.3. The van der Waals surface area contributed by atoms with Gasteiger partial charge in [-0.2, -0.15) is 0 Å². The van der Waals surface area contributed by atoms with Gasteiger partial charge in [0.05, 0.1) is 23.1 Å². The molecule has 0 amide bonds. The largest absolute Gasteiger partial charge is 0.490 e. The molecule has 0 radical (unpaired) electrons. The minimum absolute atomic E-state index is 0.00760. The van der Waals surface area contributed by atoms with Gasteiger partial charge in [0.1, 0.15) is 18.1 Å². The number of carboxylic acids is 1. The third kappa shape index (κ3) is 5.92. The van der Waals surface area contributed by atoms with Gasteiger partial charge in [0.15, 0.2) is 0 Å². The van der Waals surface area contributed by atoms with Gasteiger partial charge in [0.2, 0.25) is 0 Å². The number of aromatic carboxylic acids is 1. The number of benzene rings is 2. The van der Waals surface area contributed by atoms with Crippen LogP contribution in [0.4, 0.5) is 0 Å². The number of aryl methyl sites for hydroxylation is 1. The van der Waals surface area contributed by atoms with Crippen LogP contribution >= 0.6 is 0 Å². The van der Waals surface area contributed by atoms with Gasteiger partial charge in [-0.05, 0) is 74.6 Å². The number of aromatic nitrogens is 1. The highest BCUT2D eigenvalue weighted by molar-refractivity contribution is 5.89. The lowest BCUT2D eigenvalue weighted by Gasteiger charge is -2.23. The number of hydrogen-bond donors (Lipinski definition) is 1. The van der Waals surface area contributed by atoms with Crippen LogP contribution in [0.15, 0.2) is 54.6 Å². The van der Waals surface area contributed by atoms with Crippen molar-refractivity contribution in [2.24, 2.45) is 0 Å². The summed E-state index contributed by atoms with van der Waals surface area (Å²) in [5.41, 5.74) is 4.37. The second-order valence-corrected chi connectivity index (χ2v) is 9.21. The van der Waals surface area contributed by atoms with E-state index >= 15 is 0 Å². The lowest BCUT2D eigenvalue weighted by atomic mass is 9.82. The van der Waals surface area contributed by atoms with E-state index in [2.05, 4.69) is 37.9 Å². The summed E-state index contributed by atoms with van der Waals surface area (Å²) in [7, 11) is 0. The summed E-state index contributed by atoms with van der Waals surface area (Å²) in [6.45, 7) is 12.6. The van der Waals surface area contributed by atoms with Crippen LogP contribution < -0.4 is 9.47 Å². The number of carboxylic acid groups (broad SMARTS) is 1. The molecule has 0 fully saturated rings. The molecule has 0 aliphatic carbocycles. The maximum atomic E-state index is 11.8. The van der Waals surface area contributed by atoms with Gasteiger partial charge < -0.3 is 14.6 Å². The van der Waals surface area contributed by atoms with E-state index in [0.29, 0.717) is 22.9 Å². The van der Waals surface area contributed by atoms with E-state index in [1.54, 1.807) is 12.1 Å². The van der Waals surface area contributed by atoms with Crippen molar-refractivity contribution in [1.82, 2.24) is 4.98 Å². The summed E-state index contributed by atoms with van der Waals surface area (Å²) in [5, 5.41) is 9.67. The Morgan fingerprint density at radius 3 is 2.36 bits per heavy atom. The molecule has 0 saturated heterocycles. The van der Waals surface area contributed by atoms with E-state index in [9.17, 15) is 9.90 Å². The lowest BCUT2D eigenvalue weighted by molar-refractivity contribution is 0.0693. The average molecular weight is 448 g/mol. The molecule has 1 aromatic heterocycles. The predicted octanol–water partition coefficient (Wildman–Crippen LogP) is 6.81. The van der Waals surface area contributed by atoms with Crippen LogP contribution in [0.5, 0.6) is 11.5 Å². The minimum atomic E-state index is -1.03. The van der Waals surface area contributed by atoms with Crippen LogP contribution in [-0.2, 0) is 12.0 Å². The first-order valence-electron chi connectivity index (χ1n) is 11.3. The Morgan fingerprint density at radius 1 is 1.06 bits per heavy atom. The van der Waals surface area contributed by atoms with Gasteiger partial charge in [0.25, 0.3) is 0 Å². The normalized spacial score (nSPS) is 11.5. The van der Waals surface area contributed by atoms with Crippen LogP contribution in [0.1, 0.15) is 68.2 Å². The van der Waals surface area contributed by atoms with Crippen LogP contribution in [0.2, 0.25) is 0 Å². The lowest BCUT2D eigenvalue weighted by Crippen LogP contribution is -2.15. The Labute approximate surface area is 196 Å². The number of hydrogen-bond acceptors (Lipinski definition) is 4. The van der Waals surface area contributed by atoms with Crippen molar-refractivity contribution in [3.8, 4) is 22.8 Å². The number of ether oxygens (including phenoxy) is 2. The molecule has 0 bridgehead atoms. The monoisotopic (exact) mass is 447 g/mol. The second-order valence-electron chi connectivity index (χ2n) is 9.21. The highest BCUT2D eigenvalue weighted by Crippen LogP contribution is 2.32. The van der Waals surface area contributed by atoms with Crippen molar-refractivity contribution in [3.63, 3.8) is 0 Å². The molecular formula is C28H33NO4. The Balaban J connectivity index is 1.91. The fourth-order valence-electron chi connectivity index (χ4n) is 3.51. The van der Waals surface area contributed by atoms with E-state index in [1.165, 1.54) is 5.56 Å². The van der Waals surface area contributed by atoms with Crippen molar-refractivity contribution in [2.45, 2.75) is 66.1 Å². The van der Waals surface area contributed by atoms with Crippen LogP contribution in [-0.4, -0.2) is 22.2 Å². The molecule has 2 aromatic carbocycles. The van der Waals surface area contributed by atoms with Crippen molar-refractivity contribution >= 4 is 5.97 Å². The Kier molecular flexibility index (Phi) is 7.42. The summed E-state index contributed by atoms with van der Waals surface area (Å²) in [5.74, 6) is 0.358. The number of carbonyl (C=O) groups is 1. The standard InChI is InChI=1S/C28H33NO4/c1-7-28(5,6)20-9-11-21(12-10-20)32-17-25-22(27(30)31)13-14-24(29-25)23-16-19(4)8-15-26(23)33-18(2)3/h8-16,18H,7,17H2,1-6H3,(H,30,31). The minimum Gasteiger partial charge on any atom is -0.490 e. The van der Waals surface area contributed by atoms with E-state index in [1.807, 2.05) is 51.1 Å². The average Bonchev–Trinajstić information content (AvgIpc) is 2.78. The van der Waals surface area contributed by atoms with E-state index < -0.39 is 5.97 Å². The quantitative estimate of drug-likeness (QED) is 0.390. The molecule has 0 atom stereocenters. The molecule has 5 heteroatoms. The smallest absolute Gasteiger partial charge is 0.337 e. The van der Waals surface area contributed by atoms with Crippen LogP contribution in [0, 0.1) is 6.92 Å². The summed E-state index contributed by atoms with van der Waals surface area (Å²) < 4.78 is 11.9. The molecule has 0 saturated carbocycles. The van der Waals surface area contributed by atoms with Crippen molar-refractivity contribution in [3.05, 3.63) is 77.0 Å². The molecule has 0 aliphatic heterocycles. The number of pyridine rings is 1. The molecule has 1 N–H and O–H groups in total. The molecule has 0 unspecified atom stereocenters. The van der Waals surface area contributed by atoms with Gasteiger partial charge in [-0.1, -0.05) is 44.5 Å². The van der Waals surface area contributed by atoms with Crippen molar-refractivity contribution < 1.29 is 19.4 Å². The SMILES string of the molecule is CCC(C)(C)c1ccc(OCc2nc(-c3cc(C)ccc3OC(C)C)ccc2C(=O)O)cc1. The molecule has 0 spiro atoms. The molecule has 3 rings (SSSR count). The first-order valence-corrected chi connectivity index (χ1v) is 11.3. The zero-order valence-corrected chi connectivity index (χ0v) is 20.3. The Hall–Kier alpha value is -3.34. The van der Waals surface area contributed by atoms with Gasteiger partial charge in [-0.15, -0.1) is 0 Å². The maximum absolute atomic E-state index is 11.8. The molecule has 174 valence electrons. The fraction of sp³-hybridized carbons (Fsp3) is 0.357. The fourth-order valence-corrected chi connectivity index (χ4v) is 3.51. The molecule has 3 aromatic rings. The van der Waals surface area contributed by atoms with Gasteiger partial charge in [-0.25, -0.2) is 9.78 Å². The van der Waals surface area contributed by atoms with E-state index in [-0.39, 0.29) is 23.7 Å². The molecular weight excluding hydrogens is 414 g/mol. The number of nitrogens with zero attached hydrogens (tertiary/aromatic N) is 1. The van der Waals surface area contributed by atoms with Gasteiger partial charge in [-0.3, -0.25) is 0 Å². The third-order valence-corrected chi connectivity index (χ3v) is 5.87. The van der Waals surface area contributed by atoms with Crippen LogP contribution in [0.3, 0.4) is 0 Å². The summed E-state index contributed by atoms with van der Waals surface area (Å²) in [6, 6.07) is 17.2. The van der Waals surface area contributed by atoms with Crippen molar-refractivity contribution in [1.29, 1.82) is 0 Å².